The van der Waals surface area contributed by atoms with Crippen molar-refractivity contribution in [2.75, 3.05) is 32.5 Å². The maximum absolute atomic E-state index is 11.8. The molecule has 1 aromatic heterocycles. The van der Waals surface area contributed by atoms with Crippen LogP contribution in [-0.4, -0.2) is 67.2 Å². The molecule has 2 saturated heterocycles. The molecule has 5 rings (SSSR count). The van der Waals surface area contributed by atoms with Crippen molar-refractivity contribution >= 4 is 31.6 Å². The van der Waals surface area contributed by atoms with Crippen LogP contribution in [0.2, 0.25) is 0 Å². The van der Waals surface area contributed by atoms with Crippen molar-refractivity contribution in [3.05, 3.63) is 48.5 Å². The van der Waals surface area contributed by atoms with Crippen molar-refractivity contribution in [3.8, 4) is 16.7 Å². The van der Waals surface area contributed by atoms with Crippen LogP contribution in [0.25, 0.3) is 10.2 Å². The molecule has 30 heavy (non-hydrogen) atoms. The second-order valence-corrected chi connectivity index (χ2v) is 10.7. The molecule has 0 N–H and O–H groups in total. The van der Waals surface area contributed by atoms with Gasteiger partial charge in [-0.3, -0.25) is 4.90 Å². The van der Waals surface area contributed by atoms with E-state index in [-0.39, 0.29) is 6.04 Å². The van der Waals surface area contributed by atoms with Crippen molar-refractivity contribution in [1.82, 2.24) is 14.2 Å². The lowest BCUT2D eigenvalue weighted by molar-refractivity contribution is 0.153. The highest BCUT2D eigenvalue weighted by Gasteiger charge is 2.46. The van der Waals surface area contributed by atoms with Crippen LogP contribution in [0.15, 0.2) is 48.5 Å². The number of hydrogen-bond acceptors (Lipinski definition) is 7. The van der Waals surface area contributed by atoms with Gasteiger partial charge in [0.1, 0.15) is 18.1 Å². The van der Waals surface area contributed by atoms with Crippen LogP contribution >= 0.6 is 11.3 Å². The summed E-state index contributed by atoms with van der Waals surface area (Å²) >= 11 is 1.52. The van der Waals surface area contributed by atoms with Gasteiger partial charge in [-0.05, 0) is 42.8 Å². The number of aromatic nitrogens is 1. The van der Waals surface area contributed by atoms with E-state index in [4.69, 9.17) is 9.47 Å². The number of nitrogens with zero attached hydrogens (tertiary/aromatic N) is 3. The fourth-order valence-electron chi connectivity index (χ4n) is 4.27. The number of fused-ring (bicyclic) bond motifs is 3. The number of thiazole rings is 1. The van der Waals surface area contributed by atoms with Gasteiger partial charge < -0.3 is 9.47 Å². The highest BCUT2D eigenvalue weighted by atomic mass is 32.2. The van der Waals surface area contributed by atoms with Crippen molar-refractivity contribution < 1.29 is 17.9 Å². The molecule has 2 aromatic carbocycles. The van der Waals surface area contributed by atoms with E-state index in [0.717, 1.165) is 41.2 Å². The van der Waals surface area contributed by atoms with E-state index in [1.807, 2.05) is 48.5 Å². The quantitative estimate of drug-likeness (QED) is 0.556. The number of rotatable bonds is 7. The van der Waals surface area contributed by atoms with Gasteiger partial charge in [0.15, 0.2) is 0 Å². The summed E-state index contributed by atoms with van der Waals surface area (Å²) in [5.41, 5.74) is 0.938. The molecule has 0 amide bonds. The van der Waals surface area contributed by atoms with Crippen molar-refractivity contribution in [3.63, 3.8) is 0 Å². The summed E-state index contributed by atoms with van der Waals surface area (Å²) in [5, 5.41) is 0.622. The van der Waals surface area contributed by atoms with E-state index in [1.165, 1.54) is 17.6 Å². The predicted octanol–water partition coefficient (Wildman–Crippen LogP) is 3.19. The SMILES string of the molecule is CS(=O)(=O)N1C[C@H]2C[C@H]1CN2CCOc1ccc(Oc2nc3ccccc3s2)cc1. The number of likely N-dealkylation sites (tertiary alicyclic amines) is 1. The summed E-state index contributed by atoms with van der Waals surface area (Å²) < 4.78 is 38.1. The van der Waals surface area contributed by atoms with Crippen LogP contribution in [0.4, 0.5) is 0 Å². The third-order valence-electron chi connectivity index (χ3n) is 5.68. The molecule has 2 fully saturated rings. The smallest absolute Gasteiger partial charge is 0.279 e. The van der Waals surface area contributed by atoms with E-state index in [2.05, 4.69) is 9.88 Å². The molecular formula is C21H23N3O4S2. The van der Waals surface area contributed by atoms with Crippen LogP contribution in [0.1, 0.15) is 6.42 Å². The fourth-order valence-corrected chi connectivity index (χ4v) is 6.25. The number of ether oxygens (including phenoxy) is 2. The summed E-state index contributed by atoms with van der Waals surface area (Å²) in [6.07, 6.45) is 2.22. The van der Waals surface area contributed by atoms with E-state index in [9.17, 15) is 8.42 Å². The second kappa shape index (κ2) is 7.81. The topological polar surface area (TPSA) is 72.0 Å². The van der Waals surface area contributed by atoms with Gasteiger partial charge in [-0.2, -0.15) is 4.31 Å². The minimum Gasteiger partial charge on any atom is -0.492 e. The van der Waals surface area contributed by atoms with Crippen LogP contribution < -0.4 is 9.47 Å². The van der Waals surface area contributed by atoms with Crippen LogP contribution in [0, 0.1) is 0 Å². The van der Waals surface area contributed by atoms with Crippen LogP contribution in [0.5, 0.6) is 16.7 Å². The summed E-state index contributed by atoms with van der Waals surface area (Å²) in [7, 11) is -3.10. The van der Waals surface area contributed by atoms with Crippen molar-refractivity contribution in [1.29, 1.82) is 0 Å². The Morgan fingerprint density at radius 3 is 2.53 bits per heavy atom. The van der Waals surface area contributed by atoms with Gasteiger partial charge in [0.25, 0.3) is 5.19 Å². The molecule has 7 nitrogen and oxygen atoms in total. The Balaban J connectivity index is 1.11. The third kappa shape index (κ3) is 4.02. The molecule has 0 saturated carbocycles. The molecular weight excluding hydrogens is 422 g/mol. The molecule has 2 aliphatic rings. The Morgan fingerprint density at radius 1 is 1.07 bits per heavy atom. The molecule has 3 aromatic rings. The maximum Gasteiger partial charge on any atom is 0.279 e. The minimum absolute atomic E-state index is 0.115. The number of hydrogen-bond donors (Lipinski definition) is 0. The highest BCUT2D eigenvalue weighted by Crippen LogP contribution is 2.33. The molecule has 158 valence electrons. The zero-order valence-electron chi connectivity index (χ0n) is 16.6. The van der Waals surface area contributed by atoms with E-state index < -0.39 is 10.0 Å². The first-order valence-electron chi connectivity index (χ1n) is 9.93. The van der Waals surface area contributed by atoms with E-state index >= 15 is 0 Å². The molecule has 2 bridgehead atoms. The lowest BCUT2D eigenvalue weighted by atomic mass is 10.2. The molecule has 3 heterocycles. The van der Waals surface area contributed by atoms with Crippen LogP contribution in [0.3, 0.4) is 0 Å². The first kappa shape index (κ1) is 19.7. The first-order chi connectivity index (χ1) is 14.5. The number of piperazine rings is 1. The van der Waals surface area contributed by atoms with Gasteiger partial charge in [-0.1, -0.05) is 23.5 Å². The van der Waals surface area contributed by atoms with Crippen molar-refractivity contribution in [2.24, 2.45) is 0 Å². The third-order valence-corrected chi connectivity index (χ3v) is 7.89. The van der Waals surface area contributed by atoms with Gasteiger partial charge in [-0.15, -0.1) is 0 Å². The summed E-state index contributed by atoms with van der Waals surface area (Å²) in [5.74, 6) is 1.51. The van der Waals surface area contributed by atoms with E-state index in [1.54, 1.807) is 4.31 Å². The Kier molecular flexibility index (Phi) is 5.14. The summed E-state index contributed by atoms with van der Waals surface area (Å²) in [6, 6.07) is 15.9. The van der Waals surface area contributed by atoms with E-state index in [0.29, 0.717) is 24.4 Å². The summed E-state index contributed by atoms with van der Waals surface area (Å²) in [4.78, 5) is 6.81. The molecule has 0 unspecified atom stereocenters. The fraction of sp³-hybridized carbons (Fsp3) is 0.381. The standard InChI is InChI=1S/C21H23N3O4S2/c1-30(25,26)24-14-15-12-16(24)13-23(15)10-11-27-17-6-8-18(9-7-17)28-21-22-19-4-2-3-5-20(19)29-21/h2-9,15-16H,10-14H2,1H3/t15-,16+/m1/s1. The average molecular weight is 446 g/mol. The Bertz CT molecular complexity index is 1110. The monoisotopic (exact) mass is 445 g/mol. The highest BCUT2D eigenvalue weighted by molar-refractivity contribution is 7.88. The lowest BCUT2D eigenvalue weighted by Gasteiger charge is -2.32. The number of sulfonamides is 1. The number of benzene rings is 2. The van der Waals surface area contributed by atoms with Crippen LogP contribution in [-0.2, 0) is 10.0 Å². The lowest BCUT2D eigenvalue weighted by Crippen LogP contribution is -2.49. The predicted molar refractivity (Wildman–Crippen MR) is 117 cm³/mol. The minimum atomic E-state index is -3.10. The molecule has 0 aliphatic carbocycles. The second-order valence-electron chi connectivity index (χ2n) is 7.74. The zero-order valence-corrected chi connectivity index (χ0v) is 18.2. The van der Waals surface area contributed by atoms with Gasteiger partial charge in [-0.25, -0.2) is 13.4 Å². The average Bonchev–Trinajstić information content (AvgIpc) is 3.42. The van der Waals surface area contributed by atoms with Gasteiger partial charge in [0, 0.05) is 31.7 Å². The molecule has 2 atom stereocenters. The largest absolute Gasteiger partial charge is 0.492 e. The molecule has 0 spiro atoms. The van der Waals surface area contributed by atoms with Gasteiger partial charge in [0.05, 0.1) is 16.5 Å². The zero-order chi connectivity index (χ0) is 20.7. The molecule has 2 aliphatic heterocycles. The molecule has 9 heteroatoms. The Hall–Kier alpha value is -2.20. The van der Waals surface area contributed by atoms with Gasteiger partial charge >= 0.3 is 0 Å². The Morgan fingerprint density at radius 2 is 1.83 bits per heavy atom. The summed E-state index contributed by atoms with van der Waals surface area (Å²) in [6.45, 7) is 2.75. The van der Waals surface area contributed by atoms with Crippen molar-refractivity contribution in [2.45, 2.75) is 18.5 Å². The molecule has 0 radical (unpaired) electrons. The van der Waals surface area contributed by atoms with Gasteiger partial charge in [0.2, 0.25) is 10.0 Å². The maximum atomic E-state index is 11.8. The Labute approximate surface area is 179 Å². The number of para-hydroxylation sites is 1. The normalized spacial score (nSPS) is 22.0. The first-order valence-corrected chi connectivity index (χ1v) is 12.6.